The molecule has 13 heteroatoms. The van der Waals surface area contributed by atoms with E-state index in [0.29, 0.717) is 58.6 Å². The highest BCUT2D eigenvalue weighted by Gasteiger charge is 2.26. The Morgan fingerprint density at radius 2 is 1.79 bits per heavy atom. The maximum Gasteiger partial charge on any atom is 0.271 e. The number of pyridine rings is 2. The van der Waals surface area contributed by atoms with Crippen molar-refractivity contribution in [3.63, 3.8) is 0 Å². The van der Waals surface area contributed by atoms with Crippen molar-refractivity contribution in [2.45, 2.75) is 19.4 Å². The molecule has 11 nitrogen and oxygen atoms in total. The quantitative estimate of drug-likeness (QED) is 0.191. The van der Waals surface area contributed by atoms with Crippen LogP contribution in [0.5, 0.6) is 34.5 Å². The normalized spacial score (nSPS) is 12.5. The van der Waals surface area contributed by atoms with Crippen LogP contribution in [0.2, 0.25) is 5.02 Å². The molecular weight excluding hydrogens is 633 g/mol. The summed E-state index contributed by atoms with van der Waals surface area (Å²) in [6, 6.07) is 14.7. The number of hydrogen-bond donors (Lipinski definition) is 2. The largest absolute Gasteiger partial charge is 0.496 e. The van der Waals surface area contributed by atoms with Gasteiger partial charge in [0.15, 0.2) is 11.5 Å². The molecule has 0 radical (unpaired) electrons. The molecule has 0 atom stereocenters. The van der Waals surface area contributed by atoms with Crippen LogP contribution in [0.3, 0.4) is 0 Å². The summed E-state index contributed by atoms with van der Waals surface area (Å²) in [6.07, 6.45) is 3.00. The molecule has 0 spiro atoms. The molecule has 242 valence electrons. The highest BCUT2D eigenvalue weighted by Crippen LogP contribution is 2.48. The molecule has 0 saturated carbocycles. The van der Waals surface area contributed by atoms with Crippen molar-refractivity contribution in [3.05, 3.63) is 99.8 Å². The number of aliphatic hydroxyl groups is 1. The number of nitrogens with zero attached hydrogens (tertiary/aromatic N) is 2. The zero-order valence-corrected chi connectivity index (χ0v) is 26.3. The van der Waals surface area contributed by atoms with Crippen molar-refractivity contribution in [2.75, 3.05) is 32.2 Å². The van der Waals surface area contributed by atoms with Crippen molar-refractivity contribution in [3.8, 4) is 40.2 Å². The smallest absolute Gasteiger partial charge is 0.271 e. The molecule has 0 unspecified atom stereocenters. The zero-order chi connectivity index (χ0) is 33.3. The Morgan fingerprint density at radius 3 is 2.49 bits per heavy atom. The fourth-order valence-corrected chi connectivity index (χ4v) is 5.11. The van der Waals surface area contributed by atoms with Crippen LogP contribution in [0.15, 0.2) is 77.9 Å². The van der Waals surface area contributed by atoms with Crippen LogP contribution in [-0.2, 0) is 0 Å². The van der Waals surface area contributed by atoms with Crippen LogP contribution in [0, 0.1) is 5.82 Å². The molecule has 2 aromatic heterocycles. The van der Waals surface area contributed by atoms with Gasteiger partial charge in [-0.05, 0) is 62.4 Å². The number of fused-ring (bicyclic) bond motifs is 3. The summed E-state index contributed by atoms with van der Waals surface area (Å²) in [5.74, 6) is 0.703. The van der Waals surface area contributed by atoms with Gasteiger partial charge in [-0.2, -0.15) is 0 Å². The molecule has 6 rings (SSSR count). The Labute approximate surface area is 273 Å². The van der Waals surface area contributed by atoms with Gasteiger partial charge in [0.05, 0.1) is 34.3 Å². The highest BCUT2D eigenvalue weighted by molar-refractivity contribution is 6.34. The molecule has 47 heavy (non-hydrogen) atoms. The summed E-state index contributed by atoms with van der Waals surface area (Å²) >= 11 is 6.57. The predicted octanol–water partition coefficient (Wildman–Crippen LogP) is 6.15. The number of benzene rings is 3. The number of hydrogen-bond acceptors (Lipinski definition) is 9. The van der Waals surface area contributed by atoms with Gasteiger partial charge in [-0.3, -0.25) is 19.1 Å². The van der Waals surface area contributed by atoms with Crippen LogP contribution in [0.25, 0.3) is 16.6 Å². The van der Waals surface area contributed by atoms with Gasteiger partial charge in [0, 0.05) is 30.2 Å². The standard InChI is InChI=1S/C34H29ClFN3O8/c1-34(2,42)18-46-27-17-24-28(31-30(27)44-14-15-45-31)26(10-12-37-24)47-21-8-9-23(22(35)16-21)38-32(40)29-25(43-3)11-13-39(33(29)41)20-6-4-19(36)5-7-20/h4-13,16-17,42H,14-15,18H2,1-3H3,(H,38,40). The summed E-state index contributed by atoms with van der Waals surface area (Å²) in [7, 11) is 1.34. The Balaban J connectivity index is 1.28. The number of ether oxygens (including phenoxy) is 5. The molecule has 3 aromatic carbocycles. The second-order valence-electron chi connectivity index (χ2n) is 11.1. The van der Waals surface area contributed by atoms with E-state index in [1.165, 1.54) is 60.3 Å². The van der Waals surface area contributed by atoms with Gasteiger partial charge in [-0.25, -0.2) is 4.39 Å². The van der Waals surface area contributed by atoms with E-state index < -0.39 is 22.9 Å². The Kier molecular flexibility index (Phi) is 8.63. The highest BCUT2D eigenvalue weighted by atomic mass is 35.5. The van der Waals surface area contributed by atoms with Gasteiger partial charge in [-0.15, -0.1) is 0 Å². The van der Waals surface area contributed by atoms with E-state index in [4.69, 9.17) is 35.3 Å². The summed E-state index contributed by atoms with van der Waals surface area (Å²) in [4.78, 5) is 31.2. The maximum atomic E-state index is 13.5. The zero-order valence-electron chi connectivity index (χ0n) is 25.5. The monoisotopic (exact) mass is 661 g/mol. The number of nitrogens with one attached hydrogen (secondary N) is 1. The number of halogens is 2. The number of methoxy groups -OCH3 is 1. The van der Waals surface area contributed by atoms with E-state index in [0.717, 1.165) is 0 Å². The second kappa shape index (κ2) is 12.8. The van der Waals surface area contributed by atoms with Gasteiger partial charge in [-0.1, -0.05) is 11.6 Å². The van der Waals surface area contributed by atoms with E-state index in [1.54, 1.807) is 38.2 Å². The lowest BCUT2D eigenvalue weighted by molar-refractivity contribution is 0.0265. The third-order valence-corrected chi connectivity index (χ3v) is 7.36. The summed E-state index contributed by atoms with van der Waals surface area (Å²) < 4.78 is 43.9. The molecular formula is C34H29ClFN3O8. The Bertz CT molecular complexity index is 2040. The van der Waals surface area contributed by atoms with Gasteiger partial charge < -0.3 is 34.1 Å². The van der Waals surface area contributed by atoms with Gasteiger partial charge in [0.25, 0.3) is 11.5 Å². The van der Waals surface area contributed by atoms with Gasteiger partial charge in [0.2, 0.25) is 5.75 Å². The number of carbonyl (C=O) groups is 1. The molecule has 3 heterocycles. The van der Waals surface area contributed by atoms with E-state index in [9.17, 15) is 19.1 Å². The van der Waals surface area contributed by atoms with Crippen molar-refractivity contribution >= 4 is 34.1 Å². The number of amides is 1. The Hall–Kier alpha value is -5.33. The molecule has 0 aliphatic carbocycles. The molecule has 1 aliphatic rings. The van der Waals surface area contributed by atoms with Crippen molar-refractivity contribution in [1.29, 1.82) is 0 Å². The number of aromatic nitrogens is 2. The van der Waals surface area contributed by atoms with Crippen LogP contribution >= 0.6 is 11.6 Å². The second-order valence-corrected chi connectivity index (χ2v) is 11.5. The third-order valence-electron chi connectivity index (χ3n) is 7.05. The van der Waals surface area contributed by atoms with E-state index in [2.05, 4.69) is 10.3 Å². The maximum absolute atomic E-state index is 13.5. The SMILES string of the molecule is COc1ccn(-c2ccc(F)cc2)c(=O)c1C(=O)Nc1ccc(Oc2ccnc3cc(OCC(C)(C)O)c4c(c23)OCCO4)cc1Cl. The molecule has 5 aromatic rings. The lowest BCUT2D eigenvalue weighted by Gasteiger charge is -2.25. The fourth-order valence-electron chi connectivity index (χ4n) is 4.90. The minimum Gasteiger partial charge on any atom is -0.496 e. The molecule has 0 bridgehead atoms. The predicted molar refractivity (Wildman–Crippen MR) is 173 cm³/mol. The van der Waals surface area contributed by atoms with E-state index >= 15 is 0 Å². The molecule has 2 N–H and O–H groups in total. The molecule has 1 aliphatic heterocycles. The first-order valence-corrected chi connectivity index (χ1v) is 14.8. The first-order chi connectivity index (χ1) is 22.5. The molecule has 0 saturated heterocycles. The third kappa shape index (κ3) is 6.64. The average Bonchev–Trinajstić information content (AvgIpc) is 3.04. The first-order valence-electron chi connectivity index (χ1n) is 14.4. The van der Waals surface area contributed by atoms with E-state index in [1.807, 2.05) is 0 Å². The molecule has 1 amide bonds. The van der Waals surface area contributed by atoms with Crippen LogP contribution < -0.4 is 34.6 Å². The lowest BCUT2D eigenvalue weighted by atomic mass is 10.1. The number of rotatable bonds is 9. The summed E-state index contributed by atoms with van der Waals surface area (Å²) in [5.41, 5.74) is -0.918. The summed E-state index contributed by atoms with van der Waals surface area (Å²) in [5, 5.41) is 13.5. The minimum absolute atomic E-state index is 0.0211. The Morgan fingerprint density at radius 1 is 1.04 bits per heavy atom. The molecule has 0 fully saturated rings. The number of anilines is 1. The van der Waals surface area contributed by atoms with Gasteiger partial charge >= 0.3 is 0 Å². The summed E-state index contributed by atoms with van der Waals surface area (Å²) in [6.45, 7) is 3.90. The van der Waals surface area contributed by atoms with Crippen LogP contribution in [-0.4, -0.2) is 53.1 Å². The first kappa shape index (κ1) is 31.6. The van der Waals surface area contributed by atoms with Gasteiger partial charge in [0.1, 0.15) is 48.4 Å². The minimum atomic E-state index is -1.07. The van der Waals surface area contributed by atoms with Crippen molar-refractivity contribution in [2.24, 2.45) is 0 Å². The fraction of sp³-hybridized carbons (Fsp3) is 0.206. The van der Waals surface area contributed by atoms with Crippen LogP contribution in [0.1, 0.15) is 24.2 Å². The van der Waals surface area contributed by atoms with Crippen LogP contribution in [0.4, 0.5) is 10.1 Å². The lowest BCUT2D eigenvalue weighted by Crippen LogP contribution is -2.29. The van der Waals surface area contributed by atoms with Crippen molar-refractivity contribution in [1.82, 2.24) is 9.55 Å². The number of carbonyl (C=O) groups excluding carboxylic acids is 1. The average molecular weight is 662 g/mol. The van der Waals surface area contributed by atoms with E-state index in [-0.39, 0.29) is 28.6 Å². The van der Waals surface area contributed by atoms with Crippen molar-refractivity contribution < 1.29 is 38.0 Å². The topological polar surface area (TPSA) is 130 Å².